The minimum Gasteiger partial charge on any atom is -0.507 e. The number of ether oxygens (including phenoxy) is 2. The summed E-state index contributed by atoms with van der Waals surface area (Å²) in [5, 5.41) is 12.3. The highest BCUT2D eigenvalue weighted by Gasteiger charge is 2.13. The summed E-state index contributed by atoms with van der Waals surface area (Å²) >= 11 is 0. The van der Waals surface area contributed by atoms with E-state index in [2.05, 4.69) is 10.3 Å². The van der Waals surface area contributed by atoms with E-state index in [4.69, 9.17) is 9.47 Å². The van der Waals surface area contributed by atoms with E-state index >= 15 is 0 Å². The molecule has 2 aromatic rings. The Labute approximate surface area is 132 Å². The van der Waals surface area contributed by atoms with Crippen LogP contribution in [-0.2, 0) is 0 Å². The summed E-state index contributed by atoms with van der Waals surface area (Å²) in [5.41, 5.74) is -0.0392. The molecular formula is C16H18N2O5. The normalized spacial score (nSPS) is 10.2. The van der Waals surface area contributed by atoms with Gasteiger partial charge in [-0.15, -0.1) is 0 Å². The molecule has 0 aliphatic rings. The van der Waals surface area contributed by atoms with Gasteiger partial charge in [0.2, 0.25) is 0 Å². The molecule has 1 aromatic heterocycles. The Balaban J connectivity index is 2.23. The third-order valence-electron chi connectivity index (χ3n) is 2.95. The molecule has 0 unspecified atom stereocenters. The number of hydrogen-bond donors (Lipinski definition) is 3. The third kappa shape index (κ3) is 4.03. The fourth-order valence-electron chi connectivity index (χ4n) is 1.97. The minimum atomic E-state index is -0.551. The van der Waals surface area contributed by atoms with E-state index in [-0.39, 0.29) is 11.3 Å². The first-order valence-electron chi connectivity index (χ1n) is 7.17. The number of H-pyrrole nitrogens is 1. The number of hydrogen-bond acceptors (Lipinski definition) is 5. The van der Waals surface area contributed by atoms with E-state index in [0.29, 0.717) is 30.4 Å². The van der Waals surface area contributed by atoms with Crippen molar-refractivity contribution in [2.45, 2.75) is 13.8 Å². The molecule has 1 amide bonds. The Hall–Kier alpha value is -2.96. The van der Waals surface area contributed by atoms with Gasteiger partial charge >= 0.3 is 0 Å². The van der Waals surface area contributed by atoms with Crippen molar-refractivity contribution < 1.29 is 19.4 Å². The predicted octanol–water partition coefficient (Wildman–Crippen LogP) is 2.13. The highest BCUT2D eigenvalue weighted by atomic mass is 16.5. The molecule has 122 valence electrons. The summed E-state index contributed by atoms with van der Waals surface area (Å²) < 4.78 is 10.9. The molecule has 0 saturated heterocycles. The van der Waals surface area contributed by atoms with Crippen molar-refractivity contribution in [3.05, 3.63) is 46.4 Å². The molecule has 0 aliphatic carbocycles. The number of amides is 1. The molecule has 0 aliphatic heterocycles. The molecule has 23 heavy (non-hydrogen) atoms. The SMILES string of the molecule is CCOc1ccc(NC(=O)c2c[nH]c(=O)cc2O)cc1OCC. The lowest BCUT2D eigenvalue weighted by Crippen LogP contribution is -2.15. The monoisotopic (exact) mass is 318 g/mol. The lowest BCUT2D eigenvalue weighted by molar-refractivity contribution is 0.102. The van der Waals surface area contributed by atoms with Crippen molar-refractivity contribution in [3.8, 4) is 17.2 Å². The molecule has 0 saturated carbocycles. The molecule has 1 aromatic carbocycles. The van der Waals surface area contributed by atoms with Gasteiger partial charge in [0.15, 0.2) is 11.5 Å². The molecule has 7 heteroatoms. The van der Waals surface area contributed by atoms with Crippen LogP contribution in [0, 0.1) is 0 Å². The largest absolute Gasteiger partial charge is 0.507 e. The average molecular weight is 318 g/mol. The van der Waals surface area contributed by atoms with Gasteiger partial charge in [0.05, 0.1) is 18.8 Å². The number of aromatic hydroxyl groups is 1. The van der Waals surface area contributed by atoms with Gasteiger partial charge in [-0.1, -0.05) is 0 Å². The van der Waals surface area contributed by atoms with Gasteiger partial charge in [-0.25, -0.2) is 0 Å². The number of rotatable bonds is 6. The van der Waals surface area contributed by atoms with Crippen LogP contribution in [0.1, 0.15) is 24.2 Å². The fourth-order valence-corrected chi connectivity index (χ4v) is 1.97. The summed E-state index contributed by atoms with van der Waals surface area (Å²) in [4.78, 5) is 25.6. The molecule has 0 spiro atoms. The van der Waals surface area contributed by atoms with Crippen LogP contribution in [-0.4, -0.2) is 29.2 Å². The van der Waals surface area contributed by atoms with Crippen molar-refractivity contribution in [2.24, 2.45) is 0 Å². The van der Waals surface area contributed by atoms with Gasteiger partial charge < -0.3 is 24.9 Å². The van der Waals surface area contributed by atoms with Crippen molar-refractivity contribution >= 4 is 11.6 Å². The first-order valence-corrected chi connectivity index (χ1v) is 7.17. The Kier molecular flexibility index (Phi) is 5.24. The average Bonchev–Trinajstić information content (AvgIpc) is 2.50. The van der Waals surface area contributed by atoms with Crippen LogP contribution in [0.25, 0.3) is 0 Å². The Morgan fingerprint density at radius 3 is 2.52 bits per heavy atom. The summed E-state index contributed by atoms with van der Waals surface area (Å²) in [6, 6.07) is 5.93. The van der Waals surface area contributed by atoms with Crippen LogP contribution < -0.4 is 20.3 Å². The van der Waals surface area contributed by atoms with Crippen molar-refractivity contribution in [1.29, 1.82) is 0 Å². The van der Waals surface area contributed by atoms with E-state index in [9.17, 15) is 14.7 Å². The molecule has 1 heterocycles. The maximum atomic E-state index is 12.2. The third-order valence-corrected chi connectivity index (χ3v) is 2.95. The second-order valence-electron chi connectivity index (χ2n) is 4.58. The van der Waals surface area contributed by atoms with Crippen molar-refractivity contribution in [1.82, 2.24) is 4.98 Å². The number of pyridine rings is 1. The smallest absolute Gasteiger partial charge is 0.260 e. The molecule has 0 fully saturated rings. The van der Waals surface area contributed by atoms with Crippen LogP contribution in [0.15, 0.2) is 35.3 Å². The Morgan fingerprint density at radius 1 is 1.17 bits per heavy atom. The molecule has 0 radical (unpaired) electrons. The summed E-state index contributed by atoms with van der Waals surface area (Å²) in [5.74, 6) is 0.157. The van der Waals surface area contributed by atoms with Gasteiger partial charge in [-0.3, -0.25) is 9.59 Å². The molecular weight excluding hydrogens is 300 g/mol. The first kappa shape index (κ1) is 16.4. The zero-order chi connectivity index (χ0) is 16.8. The predicted molar refractivity (Wildman–Crippen MR) is 85.5 cm³/mol. The van der Waals surface area contributed by atoms with Crippen LogP contribution in [0.2, 0.25) is 0 Å². The van der Waals surface area contributed by atoms with Crippen LogP contribution in [0.4, 0.5) is 5.69 Å². The van der Waals surface area contributed by atoms with Crippen LogP contribution in [0.5, 0.6) is 17.2 Å². The molecule has 3 N–H and O–H groups in total. The Bertz CT molecular complexity index is 754. The first-order chi connectivity index (χ1) is 11.0. The maximum absolute atomic E-state index is 12.2. The highest BCUT2D eigenvalue weighted by molar-refractivity contribution is 6.06. The number of nitrogens with one attached hydrogen (secondary N) is 2. The molecule has 2 rings (SSSR count). The van der Waals surface area contributed by atoms with Gasteiger partial charge in [-0.05, 0) is 26.0 Å². The van der Waals surface area contributed by atoms with Crippen LogP contribution >= 0.6 is 0 Å². The molecule has 0 atom stereocenters. The second-order valence-corrected chi connectivity index (χ2v) is 4.58. The van der Waals surface area contributed by atoms with Gasteiger partial charge in [0.25, 0.3) is 11.5 Å². The minimum absolute atomic E-state index is 0.0311. The number of carbonyl (C=O) groups excluding carboxylic acids is 1. The molecule has 7 nitrogen and oxygen atoms in total. The van der Waals surface area contributed by atoms with E-state index in [0.717, 1.165) is 12.3 Å². The summed E-state index contributed by atoms with van der Waals surface area (Å²) in [6.07, 6.45) is 1.16. The van der Waals surface area contributed by atoms with Crippen molar-refractivity contribution in [3.63, 3.8) is 0 Å². The van der Waals surface area contributed by atoms with E-state index in [1.54, 1.807) is 18.2 Å². The van der Waals surface area contributed by atoms with Gasteiger partial charge in [0, 0.05) is 24.0 Å². The van der Waals surface area contributed by atoms with Gasteiger partial charge in [-0.2, -0.15) is 0 Å². The van der Waals surface area contributed by atoms with Crippen LogP contribution in [0.3, 0.4) is 0 Å². The fraction of sp³-hybridized carbons (Fsp3) is 0.250. The number of carbonyl (C=O) groups is 1. The van der Waals surface area contributed by atoms with E-state index in [1.165, 1.54) is 0 Å². The maximum Gasteiger partial charge on any atom is 0.260 e. The Morgan fingerprint density at radius 2 is 1.87 bits per heavy atom. The molecule has 0 bridgehead atoms. The number of aromatic nitrogens is 1. The van der Waals surface area contributed by atoms with E-state index in [1.807, 2.05) is 13.8 Å². The number of aromatic amines is 1. The number of anilines is 1. The second kappa shape index (κ2) is 7.35. The highest BCUT2D eigenvalue weighted by Crippen LogP contribution is 2.31. The van der Waals surface area contributed by atoms with Gasteiger partial charge in [0.1, 0.15) is 5.75 Å². The lowest BCUT2D eigenvalue weighted by atomic mass is 10.2. The van der Waals surface area contributed by atoms with E-state index < -0.39 is 11.5 Å². The lowest BCUT2D eigenvalue weighted by Gasteiger charge is -2.13. The summed E-state index contributed by atoms with van der Waals surface area (Å²) in [7, 11) is 0. The standard InChI is InChI=1S/C16H18N2O5/c1-3-22-13-6-5-10(7-14(13)23-4-2)18-16(21)11-9-17-15(20)8-12(11)19/h5-9H,3-4H2,1-2H3,(H,18,21)(H2,17,19,20). The zero-order valence-electron chi connectivity index (χ0n) is 12.9. The quantitative estimate of drug-likeness (QED) is 0.757. The summed E-state index contributed by atoms with van der Waals surface area (Å²) in [6.45, 7) is 4.67. The topological polar surface area (TPSA) is 101 Å². The number of benzene rings is 1. The van der Waals surface area contributed by atoms with Crippen molar-refractivity contribution in [2.75, 3.05) is 18.5 Å². The zero-order valence-corrected chi connectivity index (χ0v) is 12.9.